The number of nitrogens with one attached hydrogen (secondary N) is 1. The molecule has 12 heteroatoms. The number of unbranched alkanes of at least 4 members (excludes halogenated alkanes) is 1. The molecule has 2 atom stereocenters. The molecule has 11 nitrogen and oxygen atoms in total. The van der Waals surface area contributed by atoms with Crippen molar-refractivity contribution in [1.29, 1.82) is 0 Å². The molecule has 1 saturated carbocycles. The quantitative estimate of drug-likeness (QED) is 0.269. The molecule has 2 aromatic rings. The molecular formula is C34H44ClN3O8. The minimum Gasteiger partial charge on any atom is -0.478 e. The summed E-state index contributed by atoms with van der Waals surface area (Å²) in [4.78, 5) is 54.4. The molecule has 46 heavy (non-hydrogen) atoms. The van der Waals surface area contributed by atoms with E-state index in [2.05, 4.69) is 17.1 Å². The fourth-order valence-corrected chi connectivity index (χ4v) is 7.00. The molecule has 3 fully saturated rings. The Morgan fingerprint density at radius 3 is 2.13 bits per heavy atom. The summed E-state index contributed by atoms with van der Waals surface area (Å²) in [6.07, 6.45) is 6.83. The van der Waals surface area contributed by atoms with E-state index >= 15 is 0 Å². The summed E-state index contributed by atoms with van der Waals surface area (Å²) >= 11 is 0. The number of carboxylic acid groups (broad SMARTS) is 2. The lowest BCUT2D eigenvalue weighted by Crippen LogP contribution is -2.75. The Morgan fingerprint density at radius 2 is 1.57 bits per heavy atom. The Bertz CT molecular complexity index is 1370. The first-order valence-electron chi connectivity index (χ1n) is 16.0. The Morgan fingerprint density at radius 1 is 0.957 bits per heavy atom. The number of aliphatic hydroxyl groups excluding tert-OH is 1. The van der Waals surface area contributed by atoms with Gasteiger partial charge in [0.15, 0.2) is 0 Å². The van der Waals surface area contributed by atoms with Crippen LogP contribution in [0.3, 0.4) is 0 Å². The van der Waals surface area contributed by atoms with Gasteiger partial charge in [-0.05, 0) is 73.9 Å². The molecule has 3 aliphatic rings. The molecule has 2 amide bonds. The summed E-state index contributed by atoms with van der Waals surface area (Å²) in [6, 6.07) is 10.0. The van der Waals surface area contributed by atoms with E-state index in [4.69, 9.17) is 4.74 Å². The molecule has 0 unspecified atom stereocenters. The normalized spacial score (nSPS) is 20.9. The molecule has 2 heterocycles. The second-order valence-corrected chi connectivity index (χ2v) is 12.6. The van der Waals surface area contributed by atoms with Crippen molar-refractivity contribution in [3.8, 4) is 11.5 Å². The van der Waals surface area contributed by atoms with Crippen LogP contribution in [-0.2, 0) is 16.1 Å². The van der Waals surface area contributed by atoms with Gasteiger partial charge in [0.2, 0.25) is 11.8 Å². The second kappa shape index (κ2) is 15.3. The SMILES string of the molecule is CCCCN1C(=O)[C@@H]([C@H](O)C2CCCCC2)NC(=O)C12CCN(Cc1ccc(Oc3cc(C(=O)O)cc(C(=O)O)c3)cc1)CC2.Cl. The lowest BCUT2D eigenvalue weighted by Gasteiger charge is -2.52. The predicted molar refractivity (Wildman–Crippen MR) is 173 cm³/mol. The first-order chi connectivity index (χ1) is 21.6. The maximum absolute atomic E-state index is 13.8. The number of aromatic carboxylic acids is 2. The predicted octanol–water partition coefficient (Wildman–Crippen LogP) is 4.70. The number of piperidine rings is 1. The lowest BCUT2D eigenvalue weighted by molar-refractivity contribution is -0.166. The van der Waals surface area contributed by atoms with Crippen molar-refractivity contribution in [1.82, 2.24) is 15.1 Å². The minimum atomic E-state index is -1.25. The van der Waals surface area contributed by atoms with E-state index in [1.54, 1.807) is 17.0 Å². The Labute approximate surface area is 275 Å². The highest BCUT2D eigenvalue weighted by molar-refractivity contribution is 6.00. The zero-order valence-electron chi connectivity index (χ0n) is 26.2. The summed E-state index contributed by atoms with van der Waals surface area (Å²) in [5.74, 6) is -2.23. The van der Waals surface area contributed by atoms with E-state index in [0.717, 1.165) is 56.6 Å². The number of carboxylic acids is 2. The maximum Gasteiger partial charge on any atom is 0.335 e. The van der Waals surface area contributed by atoms with Gasteiger partial charge in [-0.2, -0.15) is 0 Å². The first kappa shape index (κ1) is 35.2. The van der Waals surface area contributed by atoms with Crippen molar-refractivity contribution in [3.63, 3.8) is 0 Å². The fourth-order valence-electron chi connectivity index (χ4n) is 7.00. The third-order valence-corrected chi connectivity index (χ3v) is 9.62. The minimum absolute atomic E-state index is 0. The number of nitrogens with zero attached hydrogens (tertiary/aromatic N) is 2. The third-order valence-electron chi connectivity index (χ3n) is 9.62. The first-order valence-corrected chi connectivity index (χ1v) is 16.0. The van der Waals surface area contributed by atoms with E-state index in [0.29, 0.717) is 44.8 Å². The van der Waals surface area contributed by atoms with E-state index < -0.39 is 29.6 Å². The smallest absolute Gasteiger partial charge is 0.335 e. The van der Waals surface area contributed by atoms with Gasteiger partial charge in [0.25, 0.3) is 0 Å². The highest BCUT2D eigenvalue weighted by atomic mass is 35.5. The molecule has 2 aliphatic heterocycles. The van der Waals surface area contributed by atoms with Crippen LogP contribution in [0.1, 0.15) is 91.0 Å². The van der Waals surface area contributed by atoms with Crippen LogP contribution in [0.2, 0.25) is 0 Å². The Kier molecular flexibility index (Phi) is 11.7. The van der Waals surface area contributed by atoms with Gasteiger partial charge in [-0.3, -0.25) is 14.5 Å². The van der Waals surface area contributed by atoms with Gasteiger partial charge in [-0.25, -0.2) is 9.59 Å². The summed E-state index contributed by atoms with van der Waals surface area (Å²) in [7, 11) is 0. The van der Waals surface area contributed by atoms with Gasteiger partial charge in [0.05, 0.1) is 17.2 Å². The molecule has 250 valence electrons. The van der Waals surface area contributed by atoms with E-state index in [1.165, 1.54) is 12.1 Å². The van der Waals surface area contributed by atoms with Crippen molar-refractivity contribution in [2.45, 2.75) is 88.9 Å². The summed E-state index contributed by atoms with van der Waals surface area (Å²) in [5, 5.41) is 32.8. The Balaban J connectivity index is 0.00000480. The standard InChI is InChI=1S/C34H43N3O8.ClH/c1-2-3-15-37-30(39)28(29(38)23-7-5-4-6-8-23)35-33(44)34(37)13-16-36(17-14-34)21-22-9-11-26(12-10-22)45-27-19-24(31(40)41)18-25(20-27)32(42)43;/h9-12,18-20,23,28-29,38H,2-8,13-17,21H2,1H3,(H,35,44)(H,40,41)(H,42,43);1H/t28-,29-;/m1./s1. The second-order valence-electron chi connectivity index (χ2n) is 12.6. The number of likely N-dealkylation sites (tertiary alicyclic amines) is 1. The average molecular weight is 658 g/mol. The largest absolute Gasteiger partial charge is 0.478 e. The average Bonchev–Trinajstić information content (AvgIpc) is 3.04. The topological polar surface area (TPSA) is 157 Å². The number of hydrogen-bond donors (Lipinski definition) is 4. The van der Waals surface area contributed by atoms with Crippen LogP contribution in [0.5, 0.6) is 11.5 Å². The molecule has 0 radical (unpaired) electrons. The molecule has 1 aliphatic carbocycles. The molecule has 5 rings (SSSR count). The summed E-state index contributed by atoms with van der Waals surface area (Å²) < 4.78 is 5.77. The van der Waals surface area contributed by atoms with Gasteiger partial charge < -0.3 is 30.3 Å². The van der Waals surface area contributed by atoms with Crippen LogP contribution in [0.15, 0.2) is 42.5 Å². The van der Waals surface area contributed by atoms with Crippen LogP contribution in [0, 0.1) is 5.92 Å². The van der Waals surface area contributed by atoms with Gasteiger partial charge in [-0.1, -0.05) is 44.7 Å². The molecule has 2 aromatic carbocycles. The number of amides is 2. The number of carbonyl (C=O) groups excluding carboxylic acids is 2. The summed E-state index contributed by atoms with van der Waals surface area (Å²) in [6.45, 7) is 4.44. The van der Waals surface area contributed by atoms with Crippen LogP contribution < -0.4 is 10.1 Å². The number of piperazine rings is 1. The van der Waals surface area contributed by atoms with Crippen LogP contribution >= 0.6 is 12.4 Å². The van der Waals surface area contributed by atoms with Crippen LogP contribution in [-0.4, -0.2) is 86.2 Å². The molecular weight excluding hydrogens is 614 g/mol. The van der Waals surface area contributed by atoms with Crippen molar-refractivity contribution in [2.24, 2.45) is 5.92 Å². The fraction of sp³-hybridized carbons (Fsp3) is 0.529. The number of rotatable bonds is 11. The van der Waals surface area contributed by atoms with Gasteiger partial charge in [0, 0.05) is 26.2 Å². The lowest BCUT2D eigenvalue weighted by atomic mass is 9.78. The van der Waals surface area contributed by atoms with Crippen molar-refractivity contribution in [3.05, 3.63) is 59.2 Å². The molecule has 0 aromatic heterocycles. The monoisotopic (exact) mass is 657 g/mol. The third kappa shape index (κ3) is 7.65. The van der Waals surface area contributed by atoms with Gasteiger partial charge in [-0.15, -0.1) is 12.4 Å². The van der Waals surface area contributed by atoms with Crippen molar-refractivity contribution < 1.29 is 39.2 Å². The summed E-state index contributed by atoms with van der Waals surface area (Å²) in [5.41, 5.74) is -0.266. The number of halogens is 1. The van der Waals surface area contributed by atoms with E-state index in [-0.39, 0.29) is 47.0 Å². The number of ether oxygens (including phenoxy) is 1. The zero-order chi connectivity index (χ0) is 32.1. The highest BCUT2D eigenvalue weighted by Gasteiger charge is 2.55. The maximum atomic E-state index is 13.8. The van der Waals surface area contributed by atoms with Crippen molar-refractivity contribution >= 4 is 36.2 Å². The zero-order valence-corrected chi connectivity index (χ0v) is 27.0. The van der Waals surface area contributed by atoms with Crippen molar-refractivity contribution in [2.75, 3.05) is 19.6 Å². The number of benzene rings is 2. The number of aliphatic hydroxyl groups is 1. The van der Waals surface area contributed by atoms with Crippen LogP contribution in [0.25, 0.3) is 0 Å². The Hall–Kier alpha value is -3.67. The van der Waals surface area contributed by atoms with E-state index in [9.17, 15) is 34.5 Å². The number of hydrogen-bond acceptors (Lipinski definition) is 7. The van der Waals surface area contributed by atoms with E-state index in [1.807, 2.05) is 12.1 Å². The molecule has 4 N–H and O–H groups in total. The number of carbonyl (C=O) groups is 4. The molecule has 1 spiro atoms. The molecule has 0 bridgehead atoms. The van der Waals surface area contributed by atoms with Gasteiger partial charge >= 0.3 is 11.9 Å². The van der Waals surface area contributed by atoms with Crippen LogP contribution in [0.4, 0.5) is 0 Å². The molecule has 2 saturated heterocycles. The highest BCUT2D eigenvalue weighted by Crippen LogP contribution is 2.36. The van der Waals surface area contributed by atoms with Gasteiger partial charge in [0.1, 0.15) is 23.1 Å².